The first-order chi connectivity index (χ1) is 8.66. The number of benzene rings is 1. The van der Waals surface area contributed by atoms with Crippen LogP contribution in [-0.2, 0) is 6.54 Å². The fourth-order valence-corrected chi connectivity index (χ4v) is 2.73. The van der Waals surface area contributed by atoms with Gasteiger partial charge in [0.05, 0.1) is 0 Å². The topological polar surface area (TPSA) is 53.1 Å². The van der Waals surface area contributed by atoms with Gasteiger partial charge in [0.25, 0.3) is 0 Å². The molecule has 2 rings (SSSR count). The van der Waals surface area contributed by atoms with Gasteiger partial charge in [-0.1, -0.05) is 43.5 Å². The van der Waals surface area contributed by atoms with E-state index in [2.05, 4.69) is 24.1 Å². The Balaban J connectivity index is 0.00000180. The molecule has 4 heteroatoms. The van der Waals surface area contributed by atoms with Crippen molar-refractivity contribution in [1.82, 2.24) is 4.90 Å². The molecule has 0 spiro atoms. The van der Waals surface area contributed by atoms with Crippen LogP contribution in [0.4, 0.5) is 0 Å². The quantitative estimate of drug-likeness (QED) is 0.658. The second-order valence-electron chi connectivity index (χ2n) is 5.32. The lowest BCUT2D eigenvalue weighted by Crippen LogP contribution is -2.32. The van der Waals surface area contributed by atoms with E-state index in [1.165, 1.54) is 37.7 Å². The highest BCUT2D eigenvalue weighted by Gasteiger charge is 2.17. The zero-order valence-corrected chi connectivity index (χ0v) is 12.4. The summed E-state index contributed by atoms with van der Waals surface area (Å²) in [6.45, 7) is 0.989. The molecule has 1 fully saturated rings. The molecule has 3 N–H and O–H groups in total. The molecule has 1 aliphatic carbocycles. The number of nitrogens with two attached hydrogens (primary N) is 1. The predicted molar refractivity (Wildman–Crippen MR) is 83.0 cm³/mol. The molecule has 0 unspecified atom stereocenters. The van der Waals surface area contributed by atoms with Gasteiger partial charge >= 0.3 is 0 Å². The zero-order chi connectivity index (χ0) is 13.0. The standard InChI is InChI=1S/C15H23N3.ClH/c1-18(14-5-3-2-4-6-14)11-12-7-9-13(10-8-12)15(16)17;/h7-10,14H,2-6,11H2,1H3,(H3,16,17);1H. The third kappa shape index (κ3) is 4.51. The Labute approximate surface area is 122 Å². The number of rotatable bonds is 4. The summed E-state index contributed by atoms with van der Waals surface area (Å²) in [4.78, 5) is 2.46. The van der Waals surface area contributed by atoms with Crippen molar-refractivity contribution in [3.05, 3.63) is 35.4 Å². The van der Waals surface area contributed by atoms with Crippen LogP contribution in [0.15, 0.2) is 24.3 Å². The minimum Gasteiger partial charge on any atom is -0.384 e. The molecule has 0 radical (unpaired) electrons. The molecule has 0 atom stereocenters. The first-order valence-electron chi connectivity index (χ1n) is 6.80. The lowest BCUT2D eigenvalue weighted by molar-refractivity contribution is 0.184. The molecule has 1 aliphatic rings. The molecule has 0 saturated heterocycles. The van der Waals surface area contributed by atoms with E-state index in [0.29, 0.717) is 0 Å². The number of hydrogen-bond acceptors (Lipinski definition) is 2. The third-order valence-corrected chi connectivity index (χ3v) is 3.89. The molecule has 1 aromatic rings. The molecule has 0 aliphatic heterocycles. The molecular formula is C15H24ClN3. The fraction of sp³-hybridized carbons (Fsp3) is 0.533. The number of nitrogens with one attached hydrogen (secondary N) is 1. The number of hydrogen-bond donors (Lipinski definition) is 2. The van der Waals surface area contributed by atoms with E-state index in [-0.39, 0.29) is 18.2 Å². The highest BCUT2D eigenvalue weighted by molar-refractivity contribution is 5.94. The van der Waals surface area contributed by atoms with E-state index in [1.807, 2.05) is 12.1 Å². The lowest BCUT2D eigenvalue weighted by Gasteiger charge is -2.31. The average Bonchev–Trinajstić information content (AvgIpc) is 2.40. The summed E-state index contributed by atoms with van der Waals surface area (Å²) in [5, 5.41) is 7.38. The Kier molecular flexibility index (Phi) is 6.32. The lowest BCUT2D eigenvalue weighted by atomic mass is 9.94. The number of nitrogen functional groups attached to an aromatic ring is 1. The van der Waals surface area contributed by atoms with Gasteiger partial charge in [-0.3, -0.25) is 10.3 Å². The molecule has 106 valence electrons. The van der Waals surface area contributed by atoms with Gasteiger partial charge in [-0.05, 0) is 25.5 Å². The van der Waals surface area contributed by atoms with Gasteiger partial charge in [-0.15, -0.1) is 12.4 Å². The molecule has 3 nitrogen and oxygen atoms in total. The molecule has 1 saturated carbocycles. The summed E-state index contributed by atoms with van der Waals surface area (Å²) < 4.78 is 0. The van der Waals surface area contributed by atoms with Crippen LogP contribution in [0.25, 0.3) is 0 Å². The largest absolute Gasteiger partial charge is 0.384 e. The molecular weight excluding hydrogens is 258 g/mol. The van der Waals surface area contributed by atoms with Crippen LogP contribution in [-0.4, -0.2) is 23.8 Å². The SMILES string of the molecule is CN(Cc1ccc(C(=N)N)cc1)C1CCCCC1.Cl. The van der Waals surface area contributed by atoms with Crippen LogP contribution in [0, 0.1) is 5.41 Å². The van der Waals surface area contributed by atoms with Crippen LogP contribution >= 0.6 is 12.4 Å². The molecule has 19 heavy (non-hydrogen) atoms. The Bertz CT molecular complexity index is 396. The molecule has 0 aromatic heterocycles. The summed E-state index contributed by atoms with van der Waals surface area (Å²) in [6, 6.07) is 8.77. The predicted octanol–water partition coefficient (Wildman–Crippen LogP) is 3.16. The fourth-order valence-electron chi connectivity index (χ4n) is 2.73. The maximum Gasteiger partial charge on any atom is 0.122 e. The summed E-state index contributed by atoms with van der Waals surface area (Å²) in [6.07, 6.45) is 6.82. The van der Waals surface area contributed by atoms with E-state index in [4.69, 9.17) is 11.1 Å². The van der Waals surface area contributed by atoms with Gasteiger partial charge < -0.3 is 5.73 Å². The second kappa shape index (κ2) is 7.51. The molecule has 0 heterocycles. The highest BCUT2D eigenvalue weighted by Crippen LogP contribution is 2.22. The Hall–Kier alpha value is -1.06. The summed E-state index contributed by atoms with van der Waals surface area (Å²) in [5.74, 6) is 0.141. The first-order valence-corrected chi connectivity index (χ1v) is 6.80. The van der Waals surface area contributed by atoms with Gasteiger partial charge in [0.2, 0.25) is 0 Å². The Morgan fingerprint density at radius 1 is 1.21 bits per heavy atom. The normalized spacial score (nSPS) is 16.1. The van der Waals surface area contributed by atoms with Gasteiger partial charge in [0, 0.05) is 18.2 Å². The molecule has 1 aromatic carbocycles. The van der Waals surface area contributed by atoms with Crippen molar-refractivity contribution >= 4 is 18.2 Å². The summed E-state index contributed by atoms with van der Waals surface area (Å²) in [5.41, 5.74) is 7.56. The van der Waals surface area contributed by atoms with Crippen LogP contribution < -0.4 is 5.73 Å². The Morgan fingerprint density at radius 3 is 2.32 bits per heavy atom. The van der Waals surface area contributed by atoms with Crippen LogP contribution in [0.1, 0.15) is 43.2 Å². The van der Waals surface area contributed by atoms with Crippen molar-refractivity contribution in [2.24, 2.45) is 5.73 Å². The highest BCUT2D eigenvalue weighted by atomic mass is 35.5. The smallest absolute Gasteiger partial charge is 0.122 e. The van der Waals surface area contributed by atoms with Crippen molar-refractivity contribution in [3.8, 4) is 0 Å². The van der Waals surface area contributed by atoms with Crippen LogP contribution in [0.2, 0.25) is 0 Å². The van der Waals surface area contributed by atoms with E-state index in [0.717, 1.165) is 18.2 Å². The average molecular weight is 282 g/mol. The minimum absolute atomic E-state index is 0. The number of halogens is 1. The first kappa shape index (κ1) is 16.0. The zero-order valence-electron chi connectivity index (χ0n) is 11.6. The van der Waals surface area contributed by atoms with E-state index in [1.54, 1.807) is 0 Å². The Morgan fingerprint density at radius 2 is 1.79 bits per heavy atom. The van der Waals surface area contributed by atoms with Crippen molar-refractivity contribution in [3.63, 3.8) is 0 Å². The van der Waals surface area contributed by atoms with E-state index in [9.17, 15) is 0 Å². The van der Waals surface area contributed by atoms with Crippen molar-refractivity contribution in [1.29, 1.82) is 5.41 Å². The van der Waals surface area contributed by atoms with Gasteiger partial charge in [-0.2, -0.15) is 0 Å². The monoisotopic (exact) mass is 281 g/mol. The van der Waals surface area contributed by atoms with Crippen molar-refractivity contribution < 1.29 is 0 Å². The summed E-state index contributed by atoms with van der Waals surface area (Å²) >= 11 is 0. The molecule has 0 amide bonds. The number of amidine groups is 1. The van der Waals surface area contributed by atoms with Gasteiger partial charge in [0.1, 0.15) is 5.84 Å². The van der Waals surface area contributed by atoms with Crippen LogP contribution in [0.3, 0.4) is 0 Å². The second-order valence-corrected chi connectivity index (χ2v) is 5.32. The van der Waals surface area contributed by atoms with E-state index >= 15 is 0 Å². The van der Waals surface area contributed by atoms with Gasteiger partial charge in [0.15, 0.2) is 0 Å². The van der Waals surface area contributed by atoms with Crippen molar-refractivity contribution in [2.75, 3.05) is 7.05 Å². The van der Waals surface area contributed by atoms with Gasteiger partial charge in [-0.25, -0.2) is 0 Å². The van der Waals surface area contributed by atoms with Crippen LogP contribution in [0.5, 0.6) is 0 Å². The summed E-state index contributed by atoms with van der Waals surface area (Å²) in [7, 11) is 2.22. The maximum atomic E-state index is 7.38. The maximum absolute atomic E-state index is 7.38. The number of nitrogens with zero attached hydrogens (tertiary/aromatic N) is 1. The van der Waals surface area contributed by atoms with E-state index < -0.39 is 0 Å². The van der Waals surface area contributed by atoms with Crippen molar-refractivity contribution in [2.45, 2.75) is 44.7 Å². The third-order valence-electron chi connectivity index (χ3n) is 3.89. The minimum atomic E-state index is 0. The molecule has 0 bridgehead atoms.